The lowest BCUT2D eigenvalue weighted by molar-refractivity contribution is -0.137. The second-order valence-electron chi connectivity index (χ2n) is 6.81. The van der Waals surface area contributed by atoms with Gasteiger partial charge in [-0.15, -0.1) is 0 Å². The van der Waals surface area contributed by atoms with Gasteiger partial charge in [0.25, 0.3) is 0 Å². The van der Waals surface area contributed by atoms with Gasteiger partial charge in [-0.1, -0.05) is 23.7 Å². The third kappa shape index (κ3) is 6.38. The van der Waals surface area contributed by atoms with Gasteiger partial charge in [-0.3, -0.25) is 5.43 Å². The number of benzene rings is 2. The van der Waals surface area contributed by atoms with Gasteiger partial charge in [0.2, 0.25) is 0 Å². The molecule has 0 amide bonds. The molecule has 1 aromatic heterocycles. The van der Waals surface area contributed by atoms with Gasteiger partial charge in [0, 0.05) is 6.20 Å². The summed E-state index contributed by atoms with van der Waals surface area (Å²) in [5.74, 6) is 0.492. The zero-order valence-corrected chi connectivity index (χ0v) is 18.8. The Kier molecular flexibility index (Phi) is 7.95. The molecule has 0 radical (unpaired) electrons. The highest BCUT2D eigenvalue weighted by atomic mass is 35.5. The fourth-order valence-corrected chi connectivity index (χ4v) is 2.95. The quantitative estimate of drug-likeness (QED) is 0.251. The molecular weight excluding hydrogens is 475 g/mol. The summed E-state index contributed by atoms with van der Waals surface area (Å²) in [6.45, 7) is 0.241. The summed E-state index contributed by atoms with van der Waals surface area (Å²) in [5.41, 5.74) is 3.46. The zero-order valence-electron chi connectivity index (χ0n) is 18.0. The van der Waals surface area contributed by atoms with Crippen molar-refractivity contribution >= 4 is 29.6 Å². The number of aromatic nitrogens is 1. The van der Waals surface area contributed by atoms with Crippen LogP contribution in [0.2, 0.25) is 5.02 Å². The van der Waals surface area contributed by atoms with Crippen LogP contribution in [-0.4, -0.2) is 31.4 Å². The molecule has 0 atom stereocenters. The molecule has 1 N–H and O–H groups in total. The van der Waals surface area contributed by atoms with Crippen molar-refractivity contribution in [3.8, 4) is 11.5 Å². The molecule has 0 fully saturated rings. The molecule has 0 bridgehead atoms. The monoisotopic (exact) mass is 493 g/mol. The number of hydrazone groups is 1. The Bertz CT molecular complexity index is 1190. The number of carbonyl (C=O) groups is 1. The number of ether oxygens (including phenoxy) is 3. The lowest BCUT2D eigenvalue weighted by Gasteiger charge is -2.12. The summed E-state index contributed by atoms with van der Waals surface area (Å²) < 4.78 is 53.9. The summed E-state index contributed by atoms with van der Waals surface area (Å²) in [4.78, 5) is 15.2. The Balaban J connectivity index is 1.63. The molecule has 7 nitrogen and oxygen atoms in total. The molecule has 0 spiro atoms. The van der Waals surface area contributed by atoms with Gasteiger partial charge in [-0.05, 0) is 47.5 Å². The first-order valence-electron chi connectivity index (χ1n) is 9.71. The third-order valence-electron chi connectivity index (χ3n) is 4.51. The van der Waals surface area contributed by atoms with E-state index in [0.717, 1.165) is 11.6 Å². The van der Waals surface area contributed by atoms with Gasteiger partial charge in [-0.25, -0.2) is 9.78 Å². The van der Waals surface area contributed by atoms with Gasteiger partial charge in [0.1, 0.15) is 6.61 Å². The van der Waals surface area contributed by atoms with Crippen LogP contribution in [0.4, 0.5) is 19.0 Å². The van der Waals surface area contributed by atoms with E-state index in [1.807, 2.05) is 0 Å². The van der Waals surface area contributed by atoms with E-state index in [1.54, 1.807) is 42.5 Å². The first-order chi connectivity index (χ1) is 16.2. The number of esters is 1. The second-order valence-corrected chi connectivity index (χ2v) is 7.22. The SMILES string of the molecule is COC(=O)c1ccc(COc2ccc(C=NNc3ncc(C(F)(F)F)cc3Cl)cc2OC)cc1. The number of pyridine rings is 1. The normalized spacial score (nSPS) is 11.4. The van der Waals surface area contributed by atoms with Crippen LogP contribution in [0.15, 0.2) is 59.8 Å². The van der Waals surface area contributed by atoms with Crippen LogP contribution in [0.5, 0.6) is 11.5 Å². The Labute approximate surface area is 198 Å². The van der Waals surface area contributed by atoms with Gasteiger partial charge in [-0.2, -0.15) is 18.3 Å². The molecule has 178 valence electrons. The molecule has 0 unspecified atom stereocenters. The van der Waals surface area contributed by atoms with Crippen molar-refractivity contribution in [2.75, 3.05) is 19.6 Å². The minimum absolute atomic E-state index is 0.0175. The number of anilines is 1. The maximum Gasteiger partial charge on any atom is 0.417 e. The van der Waals surface area contributed by atoms with Crippen molar-refractivity contribution in [1.29, 1.82) is 0 Å². The molecule has 3 rings (SSSR count). The number of alkyl halides is 3. The average molecular weight is 494 g/mol. The van der Waals surface area contributed by atoms with Crippen molar-refractivity contribution in [1.82, 2.24) is 4.98 Å². The highest BCUT2D eigenvalue weighted by Crippen LogP contribution is 2.32. The first-order valence-corrected chi connectivity index (χ1v) is 10.1. The molecule has 0 aliphatic carbocycles. The molecule has 34 heavy (non-hydrogen) atoms. The van der Waals surface area contributed by atoms with Gasteiger partial charge >= 0.3 is 12.1 Å². The number of hydrogen-bond donors (Lipinski definition) is 1. The van der Waals surface area contributed by atoms with Crippen LogP contribution in [0.1, 0.15) is 27.0 Å². The van der Waals surface area contributed by atoms with Crippen LogP contribution in [-0.2, 0) is 17.5 Å². The molecule has 1 heterocycles. The predicted molar refractivity (Wildman–Crippen MR) is 121 cm³/mol. The van der Waals surface area contributed by atoms with Gasteiger partial charge in [0.05, 0.1) is 36.6 Å². The third-order valence-corrected chi connectivity index (χ3v) is 4.80. The van der Waals surface area contributed by atoms with E-state index in [4.69, 9.17) is 21.1 Å². The van der Waals surface area contributed by atoms with Crippen molar-refractivity contribution in [2.45, 2.75) is 12.8 Å². The largest absolute Gasteiger partial charge is 0.493 e. The molecule has 0 aliphatic rings. The molecule has 11 heteroatoms. The Morgan fingerprint density at radius 2 is 1.85 bits per heavy atom. The van der Waals surface area contributed by atoms with Crippen LogP contribution in [0.3, 0.4) is 0 Å². The van der Waals surface area contributed by atoms with Crippen molar-refractivity contribution in [3.05, 3.63) is 82.0 Å². The van der Waals surface area contributed by atoms with Gasteiger partial charge < -0.3 is 14.2 Å². The number of hydrogen-bond acceptors (Lipinski definition) is 7. The molecule has 0 aliphatic heterocycles. The van der Waals surface area contributed by atoms with Crippen molar-refractivity contribution in [2.24, 2.45) is 5.10 Å². The second kappa shape index (κ2) is 10.9. The lowest BCUT2D eigenvalue weighted by atomic mass is 10.1. The number of nitrogens with zero attached hydrogens (tertiary/aromatic N) is 2. The van der Waals surface area contributed by atoms with E-state index in [2.05, 4.69) is 20.2 Å². The molecule has 0 saturated heterocycles. The Morgan fingerprint density at radius 1 is 1.12 bits per heavy atom. The van der Waals surface area contributed by atoms with E-state index in [0.29, 0.717) is 28.8 Å². The van der Waals surface area contributed by atoms with Crippen molar-refractivity contribution in [3.63, 3.8) is 0 Å². The Hall–Kier alpha value is -3.79. The molecular formula is C23H19ClF3N3O4. The summed E-state index contributed by atoms with van der Waals surface area (Å²) in [6, 6.07) is 12.6. The summed E-state index contributed by atoms with van der Waals surface area (Å²) in [5, 5.41) is 3.74. The minimum atomic E-state index is -4.54. The first kappa shape index (κ1) is 24.8. The zero-order chi connectivity index (χ0) is 24.7. The number of carbonyl (C=O) groups excluding carboxylic acids is 1. The molecule has 3 aromatic rings. The average Bonchev–Trinajstić information content (AvgIpc) is 2.83. The van der Waals surface area contributed by atoms with E-state index in [-0.39, 0.29) is 17.4 Å². The summed E-state index contributed by atoms with van der Waals surface area (Å²) in [6.07, 6.45) is -2.44. The summed E-state index contributed by atoms with van der Waals surface area (Å²) >= 11 is 5.84. The smallest absolute Gasteiger partial charge is 0.417 e. The topological polar surface area (TPSA) is 82.0 Å². The number of nitrogens with one attached hydrogen (secondary N) is 1. The van der Waals surface area contributed by atoms with Crippen LogP contribution >= 0.6 is 11.6 Å². The van der Waals surface area contributed by atoms with E-state index < -0.39 is 17.7 Å². The molecule has 2 aromatic carbocycles. The maximum atomic E-state index is 12.7. The number of rotatable bonds is 8. The van der Waals surface area contributed by atoms with Gasteiger partial charge in [0.15, 0.2) is 17.3 Å². The van der Waals surface area contributed by atoms with Crippen LogP contribution in [0, 0.1) is 0 Å². The fourth-order valence-electron chi connectivity index (χ4n) is 2.74. The van der Waals surface area contributed by atoms with Crippen molar-refractivity contribution < 1.29 is 32.2 Å². The number of halogens is 4. The minimum Gasteiger partial charge on any atom is -0.493 e. The van der Waals surface area contributed by atoms with E-state index in [9.17, 15) is 18.0 Å². The van der Waals surface area contributed by atoms with Crippen LogP contribution in [0.25, 0.3) is 0 Å². The maximum absolute atomic E-state index is 12.7. The highest BCUT2D eigenvalue weighted by Gasteiger charge is 2.31. The number of methoxy groups -OCH3 is 2. The predicted octanol–water partition coefficient (Wildman–Crippen LogP) is 5.57. The van der Waals surface area contributed by atoms with E-state index >= 15 is 0 Å². The fraction of sp³-hybridized carbons (Fsp3) is 0.174. The van der Waals surface area contributed by atoms with E-state index in [1.165, 1.54) is 20.4 Å². The molecule has 0 saturated carbocycles. The lowest BCUT2D eigenvalue weighted by Crippen LogP contribution is -2.06. The Morgan fingerprint density at radius 3 is 2.47 bits per heavy atom. The highest BCUT2D eigenvalue weighted by molar-refractivity contribution is 6.33. The standard InChI is InChI=1S/C23H19ClF3N3O4/c1-32-20-9-15(11-29-30-21-18(24)10-17(12-28-21)23(25,26)27)5-8-19(20)34-13-14-3-6-16(7-4-14)22(31)33-2/h3-12H,13H2,1-2H3,(H,28,30). The van der Waals surface area contributed by atoms with Crippen LogP contribution < -0.4 is 14.9 Å². The summed E-state index contributed by atoms with van der Waals surface area (Å²) in [7, 11) is 2.80.